The quantitative estimate of drug-likeness (QED) is 0.122. The maximum atomic E-state index is 12.7. The van der Waals surface area contributed by atoms with Gasteiger partial charge in [-0.2, -0.15) is 0 Å². The Bertz CT molecular complexity index is 955. The number of aliphatic hydroxyl groups excluding tert-OH is 2. The van der Waals surface area contributed by atoms with Gasteiger partial charge >= 0.3 is 17.9 Å². The highest BCUT2D eigenvalue weighted by molar-refractivity contribution is 5.81. The second kappa shape index (κ2) is 16.8. The third kappa shape index (κ3) is 11.1. The molecule has 258 valence electrons. The molecular weight excluding hydrogens is 588 g/mol. The molecule has 0 aliphatic heterocycles. The molecule has 4 saturated carbocycles. The van der Waals surface area contributed by atoms with Crippen molar-refractivity contribution in [3.63, 3.8) is 0 Å². The molecule has 6 atom stereocenters. The van der Waals surface area contributed by atoms with Gasteiger partial charge in [0, 0.05) is 5.41 Å². The van der Waals surface area contributed by atoms with Crippen LogP contribution in [0.1, 0.15) is 104 Å². The van der Waals surface area contributed by atoms with Gasteiger partial charge in [0.1, 0.15) is 6.10 Å². The molecule has 45 heavy (non-hydrogen) atoms. The van der Waals surface area contributed by atoms with Crippen LogP contribution in [0.3, 0.4) is 0 Å². The smallest absolute Gasteiger partial charge is 0.310 e. The Labute approximate surface area is 266 Å². The molecule has 0 aromatic carbocycles. The first-order chi connectivity index (χ1) is 21.4. The highest BCUT2D eigenvalue weighted by Crippen LogP contribution is 2.35. The largest absolute Gasteiger partial charge is 0.481 e. The van der Waals surface area contributed by atoms with E-state index in [4.69, 9.17) is 24.0 Å². The number of aliphatic carboxylic acids is 2. The predicted molar refractivity (Wildman–Crippen MR) is 160 cm³/mol. The fraction of sp³-hybridized carbons (Fsp3) is 0.909. The van der Waals surface area contributed by atoms with Gasteiger partial charge in [0.05, 0.1) is 68.1 Å². The number of carbonyl (C=O) groups is 3. The Hall–Kier alpha value is -1.83. The summed E-state index contributed by atoms with van der Waals surface area (Å²) >= 11 is 0. The maximum Gasteiger partial charge on any atom is 0.310 e. The summed E-state index contributed by atoms with van der Waals surface area (Å²) in [6.45, 7) is 5.59. The molecule has 6 unspecified atom stereocenters. The molecule has 4 fully saturated rings. The normalized spacial score (nSPS) is 36.3. The van der Waals surface area contributed by atoms with E-state index in [-0.39, 0.29) is 55.2 Å². The van der Waals surface area contributed by atoms with Crippen LogP contribution in [0.2, 0.25) is 0 Å². The zero-order valence-corrected chi connectivity index (χ0v) is 26.8. The van der Waals surface area contributed by atoms with Crippen molar-refractivity contribution >= 4 is 17.9 Å². The molecule has 0 bridgehead atoms. The van der Waals surface area contributed by atoms with Crippen molar-refractivity contribution in [2.24, 2.45) is 29.1 Å². The highest BCUT2D eigenvalue weighted by Gasteiger charge is 2.41. The van der Waals surface area contributed by atoms with Gasteiger partial charge in [0.25, 0.3) is 0 Å². The summed E-state index contributed by atoms with van der Waals surface area (Å²) in [6.07, 6.45) is 7.23. The van der Waals surface area contributed by atoms with E-state index in [0.717, 1.165) is 38.5 Å². The number of carbonyl (C=O) groups excluding carboxylic acids is 1. The first-order valence-electron chi connectivity index (χ1n) is 16.9. The molecule has 0 aromatic rings. The predicted octanol–water partition coefficient (Wildman–Crippen LogP) is 3.88. The van der Waals surface area contributed by atoms with Crippen molar-refractivity contribution in [2.45, 2.75) is 140 Å². The number of aliphatic hydroxyl groups is 2. The summed E-state index contributed by atoms with van der Waals surface area (Å²) in [4.78, 5) is 47.0. The Morgan fingerprint density at radius 1 is 0.622 bits per heavy atom. The zero-order valence-electron chi connectivity index (χ0n) is 26.8. The van der Waals surface area contributed by atoms with Crippen LogP contribution in [0.25, 0.3) is 0 Å². The monoisotopic (exact) mass is 642 g/mol. The first-order valence-corrected chi connectivity index (χ1v) is 16.9. The zero-order chi connectivity index (χ0) is 32.6. The van der Waals surface area contributed by atoms with Crippen molar-refractivity contribution in [1.29, 1.82) is 0 Å². The lowest BCUT2D eigenvalue weighted by Gasteiger charge is -2.35. The van der Waals surface area contributed by atoms with Gasteiger partial charge in [-0.3, -0.25) is 14.4 Å². The number of rotatable bonds is 14. The molecule has 0 spiro atoms. The van der Waals surface area contributed by atoms with Crippen LogP contribution in [-0.2, 0) is 38.4 Å². The Balaban J connectivity index is 1.06. The molecular formula is C33H54O12. The molecule has 12 nitrogen and oxygen atoms in total. The van der Waals surface area contributed by atoms with Gasteiger partial charge in [-0.1, -0.05) is 13.8 Å². The van der Waals surface area contributed by atoms with Crippen molar-refractivity contribution in [2.75, 3.05) is 19.8 Å². The fourth-order valence-electron chi connectivity index (χ4n) is 7.23. The van der Waals surface area contributed by atoms with E-state index in [2.05, 4.69) is 13.8 Å². The van der Waals surface area contributed by atoms with E-state index in [0.29, 0.717) is 51.7 Å². The van der Waals surface area contributed by atoms with Gasteiger partial charge < -0.3 is 34.6 Å². The van der Waals surface area contributed by atoms with E-state index in [1.165, 1.54) is 0 Å². The van der Waals surface area contributed by atoms with Crippen LogP contribution in [0.5, 0.6) is 0 Å². The van der Waals surface area contributed by atoms with Crippen LogP contribution in [-0.4, -0.2) is 94.8 Å². The molecule has 0 radical (unpaired) electrons. The fourth-order valence-corrected chi connectivity index (χ4v) is 7.23. The SMILES string of the molecule is CC(C)(COC1CCC(OOCC2CCC(O)CC2C(=O)O)CC1)COC1CCC(OC(=O)C2CCC(O)CC2C(=O)O)CC1. The molecule has 0 aromatic heterocycles. The second-order valence-electron chi connectivity index (χ2n) is 14.6. The number of esters is 1. The van der Waals surface area contributed by atoms with Crippen LogP contribution in [0.4, 0.5) is 0 Å². The summed E-state index contributed by atoms with van der Waals surface area (Å²) in [7, 11) is 0. The molecule has 4 aliphatic rings. The lowest BCUT2D eigenvalue weighted by atomic mass is 9.78. The lowest BCUT2D eigenvalue weighted by molar-refractivity contribution is -0.338. The van der Waals surface area contributed by atoms with Crippen molar-refractivity contribution in [1.82, 2.24) is 0 Å². The first kappa shape index (κ1) is 36.0. The molecule has 4 rings (SSSR count). The van der Waals surface area contributed by atoms with Crippen LogP contribution >= 0.6 is 0 Å². The lowest BCUT2D eigenvalue weighted by Crippen LogP contribution is -2.40. The minimum absolute atomic E-state index is 0.0396. The van der Waals surface area contributed by atoms with E-state index < -0.39 is 47.9 Å². The Morgan fingerprint density at radius 2 is 1.11 bits per heavy atom. The van der Waals surface area contributed by atoms with E-state index >= 15 is 0 Å². The van der Waals surface area contributed by atoms with Crippen molar-refractivity contribution in [3.05, 3.63) is 0 Å². The number of carboxylic acid groups (broad SMARTS) is 2. The summed E-state index contributed by atoms with van der Waals surface area (Å²) in [6, 6.07) is 0. The van der Waals surface area contributed by atoms with Gasteiger partial charge in [-0.05, 0) is 95.8 Å². The topological polar surface area (TPSA) is 178 Å². The van der Waals surface area contributed by atoms with Crippen molar-refractivity contribution < 1.29 is 58.8 Å². The molecule has 4 N–H and O–H groups in total. The van der Waals surface area contributed by atoms with Crippen LogP contribution in [0, 0.1) is 29.1 Å². The van der Waals surface area contributed by atoms with E-state index in [1.807, 2.05) is 0 Å². The third-order valence-electron chi connectivity index (χ3n) is 10.2. The average molecular weight is 643 g/mol. The summed E-state index contributed by atoms with van der Waals surface area (Å²) in [5.74, 6) is -4.77. The van der Waals surface area contributed by atoms with Gasteiger partial charge in [-0.15, -0.1) is 0 Å². The highest BCUT2D eigenvalue weighted by atomic mass is 17.2. The van der Waals surface area contributed by atoms with Crippen LogP contribution in [0.15, 0.2) is 0 Å². The molecule has 0 amide bonds. The molecule has 0 saturated heterocycles. The minimum atomic E-state index is -1.06. The van der Waals surface area contributed by atoms with Gasteiger partial charge in [0.15, 0.2) is 0 Å². The van der Waals surface area contributed by atoms with Crippen molar-refractivity contribution in [3.8, 4) is 0 Å². The average Bonchev–Trinajstić information content (AvgIpc) is 3.01. The minimum Gasteiger partial charge on any atom is -0.481 e. The summed E-state index contributed by atoms with van der Waals surface area (Å²) in [5.41, 5.74) is -0.175. The standard InChI is InChI=1S/C33H54O12/c1-33(2,18-41-23-6-10-25(11-7-23)44-32(40)27-14-5-22(35)16-29(27)31(38)39)19-42-24-8-12-26(13-9-24)45-43-17-20-3-4-21(34)15-28(20)30(36)37/h20-29,34-35H,3-19H2,1-2H3,(H,36,37)(H,38,39). The second-order valence-corrected chi connectivity index (χ2v) is 14.6. The van der Waals surface area contributed by atoms with Crippen LogP contribution < -0.4 is 0 Å². The molecule has 4 aliphatic carbocycles. The Morgan fingerprint density at radius 3 is 1.67 bits per heavy atom. The number of carboxylic acids is 2. The molecule has 12 heteroatoms. The third-order valence-corrected chi connectivity index (χ3v) is 10.2. The van der Waals surface area contributed by atoms with E-state index in [9.17, 15) is 34.8 Å². The Kier molecular flexibility index (Phi) is 13.5. The van der Waals surface area contributed by atoms with E-state index in [1.54, 1.807) is 0 Å². The summed E-state index contributed by atoms with van der Waals surface area (Å²) in [5, 5.41) is 38.5. The number of ether oxygens (including phenoxy) is 3. The summed E-state index contributed by atoms with van der Waals surface area (Å²) < 4.78 is 18.2. The maximum absolute atomic E-state index is 12.7. The van der Waals surface area contributed by atoms with Gasteiger partial charge in [-0.25, -0.2) is 9.78 Å². The number of hydrogen-bond acceptors (Lipinski definition) is 10. The molecule has 0 heterocycles. The number of hydrogen-bond donors (Lipinski definition) is 4. The van der Waals surface area contributed by atoms with Gasteiger partial charge in [0.2, 0.25) is 0 Å².